The Labute approximate surface area is 154 Å². The Morgan fingerprint density at radius 3 is 1.96 bits per heavy atom. The van der Waals surface area contributed by atoms with Crippen LogP contribution in [0.4, 0.5) is 0 Å². The van der Waals surface area contributed by atoms with Crippen molar-refractivity contribution in [3.8, 4) is 0 Å². The van der Waals surface area contributed by atoms with Gasteiger partial charge in [-0.15, -0.1) is 6.58 Å². The van der Waals surface area contributed by atoms with Crippen molar-refractivity contribution in [2.75, 3.05) is 0 Å². The number of hydrogen-bond acceptors (Lipinski definition) is 2. The Hall–Kier alpha value is -2.97. The number of carbonyl (C=O) groups is 1. The van der Waals surface area contributed by atoms with E-state index in [1.807, 2.05) is 91.0 Å². The fraction of sp³-hybridized carbons (Fsp3) is 0.125. The summed E-state index contributed by atoms with van der Waals surface area (Å²) < 4.78 is 6.13. The van der Waals surface area contributed by atoms with Crippen LogP contribution >= 0.6 is 0 Å². The van der Waals surface area contributed by atoms with Gasteiger partial charge in [0.15, 0.2) is 5.78 Å². The molecule has 0 amide bonds. The van der Waals surface area contributed by atoms with E-state index < -0.39 is 6.10 Å². The molecule has 3 aromatic carbocycles. The van der Waals surface area contributed by atoms with E-state index >= 15 is 0 Å². The summed E-state index contributed by atoms with van der Waals surface area (Å²) in [4.78, 5) is 13.2. The van der Waals surface area contributed by atoms with Gasteiger partial charge in [0.25, 0.3) is 0 Å². The molecule has 0 unspecified atom stereocenters. The van der Waals surface area contributed by atoms with Crippen LogP contribution in [-0.4, -0.2) is 11.9 Å². The van der Waals surface area contributed by atoms with Crippen molar-refractivity contribution >= 4 is 5.78 Å². The van der Waals surface area contributed by atoms with Crippen molar-refractivity contribution in [3.05, 3.63) is 120 Å². The zero-order valence-electron chi connectivity index (χ0n) is 14.6. The maximum absolute atomic E-state index is 13.2. The molecule has 0 fully saturated rings. The molecule has 0 heterocycles. The smallest absolute Gasteiger partial charge is 0.192 e. The third-order valence-corrected chi connectivity index (χ3v) is 4.35. The molecular weight excluding hydrogens is 320 g/mol. The molecule has 0 saturated heterocycles. The van der Waals surface area contributed by atoms with Gasteiger partial charge in [-0.25, -0.2) is 0 Å². The van der Waals surface area contributed by atoms with Crippen LogP contribution in [0.1, 0.15) is 27.4 Å². The van der Waals surface area contributed by atoms with Crippen molar-refractivity contribution in [2.45, 2.75) is 18.6 Å². The molecule has 26 heavy (non-hydrogen) atoms. The SMILES string of the molecule is C=C[C@H](c1ccccc1)[C@H](OCc1ccccc1)C(=O)c1ccccc1. The molecule has 3 aromatic rings. The van der Waals surface area contributed by atoms with E-state index in [1.165, 1.54) is 0 Å². The summed E-state index contributed by atoms with van der Waals surface area (Å²) >= 11 is 0. The summed E-state index contributed by atoms with van der Waals surface area (Å²) in [6.45, 7) is 4.33. The molecule has 0 radical (unpaired) electrons. The summed E-state index contributed by atoms with van der Waals surface area (Å²) in [5.41, 5.74) is 2.70. The third kappa shape index (κ3) is 4.35. The lowest BCUT2D eigenvalue weighted by molar-refractivity contribution is 0.0284. The molecule has 3 rings (SSSR count). The van der Waals surface area contributed by atoms with Gasteiger partial charge in [-0.2, -0.15) is 0 Å². The molecule has 2 heteroatoms. The number of ether oxygens (including phenoxy) is 1. The minimum absolute atomic E-state index is 0.0321. The lowest BCUT2D eigenvalue weighted by atomic mass is 9.88. The van der Waals surface area contributed by atoms with Crippen molar-refractivity contribution in [1.29, 1.82) is 0 Å². The second-order valence-corrected chi connectivity index (χ2v) is 6.12. The van der Waals surface area contributed by atoms with Crippen molar-refractivity contribution in [2.24, 2.45) is 0 Å². The van der Waals surface area contributed by atoms with E-state index in [-0.39, 0.29) is 11.7 Å². The standard InChI is InChI=1S/C24H22O2/c1-2-22(20-14-8-4-9-15-20)24(23(25)21-16-10-5-11-17-21)26-18-19-12-6-3-7-13-19/h2-17,22,24H,1,18H2/t22-,24+/m1/s1. The summed E-state index contributed by atoms with van der Waals surface area (Å²) in [5, 5.41) is 0. The fourth-order valence-electron chi connectivity index (χ4n) is 2.98. The first-order valence-electron chi connectivity index (χ1n) is 8.72. The van der Waals surface area contributed by atoms with Crippen LogP contribution < -0.4 is 0 Å². The normalized spacial score (nSPS) is 12.9. The van der Waals surface area contributed by atoms with E-state index in [2.05, 4.69) is 6.58 Å². The molecule has 0 aliphatic rings. The van der Waals surface area contributed by atoms with Gasteiger partial charge in [0.2, 0.25) is 0 Å². The van der Waals surface area contributed by atoms with Crippen LogP contribution in [0.25, 0.3) is 0 Å². The molecule has 2 nitrogen and oxygen atoms in total. The van der Waals surface area contributed by atoms with E-state index in [4.69, 9.17) is 4.74 Å². The van der Waals surface area contributed by atoms with Gasteiger partial charge in [-0.3, -0.25) is 4.79 Å². The largest absolute Gasteiger partial charge is 0.364 e. The minimum atomic E-state index is -0.627. The average molecular weight is 342 g/mol. The molecule has 130 valence electrons. The zero-order chi connectivity index (χ0) is 18.2. The molecule has 0 spiro atoms. The topological polar surface area (TPSA) is 26.3 Å². The van der Waals surface area contributed by atoms with Crippen LogP contribution in [0.5, 0.6) is 0 Å². The lowest BCUT2D eigenvalue weighted by Gasteiger charge is -2.24. The molecule has 0 saturated carbocycles. The number of rotatable bonds is 8. The van der Waals surface area contributed by atoms with Crippen molar-refractivity contribution in [3.63, 3.8) is 0 Å². The van der Waals surface area contributed by atoms with Crippen LogP contribution in [0.2, 0.25) is 0 Å². The number of ketones is 1. The molecule has 2 atom stereocenters. The molecule has 0 N–H and O–H groups in total. The van der Waals surface area contributed by atoms with Gasteiger partial charge < -0.3 is 4.74 Å². The van der Waals surface area contributed by atoms with E-state index in [0.717, 1.165) is 11.1 Å². The van der Waals surface area contributed by atoms with Crippen molar-refractivity contribution in [1.82, 2.24) is 0 Å². The summed E-state index contributed by atoms with van der Waals surface area (Å²) in [6.07, 6.45) is 1.17. The Morgan fingerprint density at radius 2 is 1.38 bits per heavy atom. The third-order valence-electron chi connectivity index (χ3n) is 4.35. The highest BCUT2D eigenvalue weighted by Gasteiger charge is 2.29. The molecule has 0 aliphatic heterocycles. The number of carbonyl (C=O) groups excluding carboxylic acids is 1. The number of benzene rings is 3. The Bertz CT molecular complexity index is 826. The van der Waals surface area contributed by atoms with Gasteiger partial charge in [0, 0.05) is 11.5 Å². The number of hydrogen-bond donors (Lipinski definition) is 0. The van der Waals surface area contributed by atoms with E-state index in [0.29, 0.717) is 12.2 Å². The predicted octanol–water partition coefficient (Wildman–Crippen LogP) is 5.42. The van der Waals surface area contributed by atoms with Gasteiger partial charge in [-0.1, -0.05) is 97.1 Å². The molecule has 0 aromatic heterocycles. The molecule has 0 aliphatic carbocycles. The lowest BCUT2D eigenvalue weighted by Crippen LogP contribution is -2.30. The van der Waals surface area contributed by atoms with Crippen LogP contribution in [0, 0.1) is 0 Å². The highest BCUT2D eigenvalue weighted by atomic mass is 16.5. The Balaban J connectivity index is 1.89. The maximum Gasteiger partial charge on any atom is 0.192 e. The second-order valence-electron chi connectivity index (χ2n) is 6.12. The zero-order valence-corrected chi connectivity index (χ0v) is 14.6. The minimum Gasteiger partial charge on any atom is -0.364 e. The second kappa shape index (κ2) is 8.93. The Morgan fingerprint density at radius 1 is 0.846 bits per heavy atom. The van der Waals surface area contributed by atoms with E-state index in [9.17, 15) is 4.79 Å². The summed E-state index contributed by atoms with van der Waals surface area (Å²) in [6, 6.07) is 29.1. The van der Waals surface area contributed by atoms with Crippen molar-refractivity contribution < 1.29 is 9.53 Å². The monoisotopic (exact) mass is 342 g/mol. The van der Waals surface area contributed by atoms with Crippen LogP contribution in [-0.2, 0) is 11.3 Å². The number of Topliss-reactive ketones (excluding diaryl/α,β-unsaturated/α-hetero) is 1. The van der Waals surface area contributed by atoms with Crippen LogP contribution in [0.15, 0.2) is 104 Å². The average Bonchev–Trinajstić information content (AvgIpc) is 2.72. The molecular formula is C24H22O2. The highest BCUT2D eigenvalue weighted by Crippen LogP contribution is 2.27. The van der Waals surface area contributed by atoms with E-state index in [1.54, 1.807) is 6.08 Å². The first-order chi connectivity index (χ1) is 12.8. The maximum atomic E-state index is 13.2. The highest BCUT2D eigenvalue weighted by molar-refractivity contribution is 6.00. The van der Waals surface area contributed by atoms with Crippen LogP contribution in [0.3, 0.4) is 0 Å². The summed E-state index contributed by atoms with van der Waals surface area (Å²) in [7, 11) is 0. The molecule has 0 bridgehead atoms. The fourth-order valence-corrected chi connectivity index (χ4v) is 2.98. The first-order valence-corrected chi connectivity index (χ1v) is 8.72. The van der Waals surface area contributed by atoms with Gasteiger partial charge in [-0.05, 0) is 11.1 Å². The predicted molar refractivity (Wildman–Crippen MR) is 105 cm³/mol. The first kappa shape index (κ1) is 17.8. The summed E-state index contributed by atoms with van der Waals surface area (Å²) in [5.74, 6) is -0.247. The Kier molecular flexibility index (Phi) is 6.13. The quantitative estimate of drug-likeness (QED) is 0.403. The van der Waals surface area contributed by atoms with Gasteiger partial charge >= 0.3 is 0 Å². The van der Waals surface area contributed by atoms with Gasteiger partial charge in [0.05, 0.1) is 6.61 Å². The van der Waals surface area contributed by atoms with Gasteiger partial charge in [0.1, 0.15) is 6.10 Å².